The van der Waals surface area contributed by atoms with Crippen LogP contribution in [0.15, 0.2) is 0 Å². The highest BCUT2D eigenvalue weighted by atomic mass is 16.4. The van der Waals surface area contributed by atoms with Crippen LogP contribution in [0.3, 0.4) is 0 Å². The zero-order valence-corrected chi connectivity index (χ0v) is 30.3. The van der Waals surface area contributed by atoms with E-state index in [1.54, 1.807) is 0 Å². The van der Waals surface area contributed by atoms with Crippen molar-refractivity contribution in [3.8, 4) is 0 Å². The van der Waals surface area contributed by atoms with Crippen LogP contribution in [-0.4, -0.2) is 43.9 Å². The van der Waals surface area contributed by atoms with E-state index < -0.39 is 35.3 Å². The van der Waals surface area contributed by atoms with E-state index in [-0.39, 0.29) is 12.8 Å². The first-order valence-corrected chi connectivity index (χ1v) is 19.4. The molecule has 0 aliphatic heterocycles. The first-order valence-electron chi connectivity index (χ1n) is 19.4. The minimum absolute atomic E-state index is 0.0338. The van der Waals surface area contributed by atoms with Gasteiger partial charge in [-0.15, -0.1) is 0 Å². The van der Waals surface area contributed by atoms with Crippen molar-refractivity contribution >= 4 is 17.9 Å². The molecule has 0 aliphatic rings. The number of carboxylic acids is 3. The van der Waals surface area contributed by atoms with Crippen LogP contribution in [-0.2, 0) is 14.4 Å². The number of rotatable bonds is 35. The molecule has 7 nitrogen and oxygen atoms in total. The van der Waals surface area contributed by atoms with E-state index in [1.807, 2.05) is 0 Å². The topological polar surface area (TPSA) is 132 Å². The molecular weight excluding hydrogens is 580 g/mol. The Labute approximate surface area is 282 Å². The second kappa shape index (κ2) is 28.4. The maximum Gasteiger partial charge on any atom is 0.337 e. The SMILES string of the molecule is CCCCCCCCCCCCCCCCC(CCCCCCCCCCCCCCC(C)C)(C(=O)O)C(O)(CC(=O)O)C(=O)O. The Kier molecular flexibility index (Phi) is 27.4. The molecule has 0 aliphatic carbocycles. The molecule has 272 valence electrons. The second-order valence-electron chi connectivity index (χ2n) is 14.6. The van der Waals surface area contributed by atoms with Crippen molar-refractivity contribution in [2.75, 3.05) is 0 Å². The highest BCUT2D eigenvalue weighted by Crippen LogP contribution is 2.45. The third-order valence-corrected chi connectivity index (χ3v) is 10.1. The second-order valence-corrected chi connectivity index (χ2v) is 14.6. The molecule has 0 heterocycles. The summed E-state index contributed by atoms with van der Waals surface area (Å²) in [6, 6.07) is 0. The van der Waals surface area contributed by atoms with Gasteiger partial charge in [-0.05, 0) is 18.8 Å². The molecule has 2 atom stereocenters. The third-order valence-electron chi connectivity index (χ3n) is 10.1. The van der Waals surface area contributed by atoms with E-state index in [1.165, 1.54) is 109 Å². The molecule has 0 fully saturated rings. The molecule has 0 amide bonds. The lowest BCUT2D eigenvalue weighted by Crippen LogP contribution is -2.59. The summed E-state index contributed by atoms with van der Waals surface area (Å²) in [5.74, 6) is -3.88. The molecule has 0 bridgehead atoms. The Morgan fingerprint density at radius 1 is 0.478 bits per heavy atom. The molecule has 0 saturated carbocycles. The van der Waals surface area contributed by atoms with Crippen molar-refractivity contribution in [2.45, 2.75) is 219 Å². The van der Waals surface area contributed by atoms with E-state index in [0.29, 0.717) is 12.8 Å². The molecule has 0 spiro atoms. The van der Waals surface area contributed by atoms with Gasteiger partial charge in [-0.3, -0.25) is 9.59 Å². The van der Waals surface area contributed by atoms with E-state index in [2.05, 4.69) is 20.8 Å². The fraction of sp³-hybridized carbons (Fsp3) is 0.923. The molecule has 0 rings (SSSR count). The zero-order chi connectivity index (χ0) is 34.5. The third kappa shape index (κ3) is 20.6. The molecule has 4 N–H and O–H groups in total. The lowest BCUT2D eigenvalue weighted by atomic mass is 9.64. The summed E-state index contributed by atoms with van der Waals surface area (Å²) in [7, 11) is 0. The predicted molar refractivity (Wildman–Crippen MR) is 189 cm³/mol. The van der Waals surface area contributed by atoms with Gasteiger partial charge in [0.25, 0.3) is 0 Å². The number of carbonyl (C=O) groups is 3. The van der Waals surface area contributed by atoms with Gasteiger partial charge in [0, 0.05) is 0 Å². The van der Waals surface area contributed by atoms with Crippen LogP contribution in [0.2, 0.25) is 0 Å². The van der Waals surface area contributed by atoms with Crippen LogP contribution in [0.5, 0.6) is 0 Å². The monoisotopic (exact) mass is 655 g/mol. The van der Waals surface area contributed by atoms with Crippen molar-refractivity contribution in [1.29, 1.82) is 0 Å². The number of aliphatic hydroxyl groups is 1. The predicted octanol–water partition coefficient (Wildman–Crippen LogP) is 11.3. The van der Waals surface area contributed by atoms with Crippen LogP contribution in [0.1, 0.15) is 213 Å². The molecular formula is C39H74O7. The van der Waals surface area contributed by atoms with E-state index in [0.717, 1.165) is 57.3 Å². The number of aliphatic carboxylic acids is 3. The van der Waals surface area contributed by atoms with E-state index >= 15 is 0 Å². The van der Waals surface area contributed by atoms with Gasteiger partial charge in [0.1, 0.15) is 5.41 Å². The summed E-state index contributed by atoms with van der Waals surface area (Å²) in [6.07, 6.45) is 29.4. The lowest BCUT2D eigenvalue weighted by molar-refractivity contribution is -0.196. The Morgan fingerprint density at radius 2 is 0.783 bits per heavy atom. The molecule has 0 aromatic heterocycles. The fourth-order valence-corrected chi connectivity index (χ4v) is 6.97. The van der Waals surface area contributed by atoms with Crippen LogP contribution in [0.4, 0.5) is 0 Å². The summed E-state index contributed by atoms with van der Waals surface area (Å²) < 4.78 is 0. The molecule has 7 heteroatoms. The number of carboxylic acid groups (broad SMARTS) is 3. The Hall–Kier alpha value is -1.63. The van der Waals surface area contributed by atoms with Gasteiger partial charge >= 0.3 is 17.9 Å². The van der Waals surface area contributed by atoms with Crippen molar-refractivity contribution in [3.05, 3.63) is 0 Å². The number of hydrogen-bond acceptors (Lipinski definition) is 4. The first kappa shape index (κ1) is 44.4. The summed E-state index contributed by atoms with van der Waals surface area (Å²) in [4.78, 5) is 36.5. The van der Waals surface area contributed by atoms with E-state index in [4.69, 9.17) is 0 Å². The van der Waals surface area contributed by atoms with Gasteiger partial charge in [0.15, 0.2) is 5.60 Å². The van der Waals surface area contributed by atoms with Gasteiger partial charge in [-0.2, -0.15) is 0 Å². The Balaban J connectivity index is 4.59. The molecule has 0 radical (unpaired) electrons. The van der Waals surface area contributed by atoms with Gasteiger partial charge in [-0.1, -0.05) is 194 Å². The summed E-state index contributed by atoms with van der Waals surface area (Å²) in [5, 5.41) is 40.9. The molecule has 0 aromatic carbocycles. The highest BCUT2D eigenvalue weighted by Gasteiger charge is 2.61. The minimum atomic E-state index is -2.85. The number of unbranched alkanes of at least 4 members (excludes halogenated alkanes) is 24. The zero-order valence-electron chi connectivity index (χ0n) is 30.3. The number of hydrogen-bond donors (Lipinski definition) is 4. The van der Waals surface area contributed by atoms with Crippen molar-refractivity contribution in [3.63, 3.8) is 0 Å². The van der Waals surface area contributed by atoms with Gasteiger partial charge in [-0.25, -0.2) is 4.79 Å². The average molecular weight is 655 g/mol. The molecule has 0 saturated heterocycles. The smallest absolute Gasteiger partial charge is 0.337 e. The quantitative estimate of drug-likeness (QED) is 0.0500. The van der Waals surface area contributed by atoms with Gasteiger partial charge in [0.2, 0.25) is 0 Å². The highest BCUT2D eigenvalue weighted by molar-refractivity contribution is 5.92. The Morgan fingerprint density at radius 3 is 1.04 bits per heavy atom. The summed E-state index contributed by atoms with van der Waals surface area (Å²) >= 11 is 0. The van der Waals surface area contributed by atoms with E-state index in [9.17, 15) is 34.8 Å². The lowest BCUT2D eigenvalue weighted by Gasteiger charge is -2.41. The maximum absolute atomic E-state index is 12.7. The van der Waals surface area contributed by atoms with Crippen LogP contribution in [0.25, 0.3) is 0 Å². The fourth-order valence-electron chi connectivity index (χ4n) is 6.97. The summed E-state index contributed by atoms with van der Waals surface area (Å²) in [6.45, 7) is 6.79. The first-order chi connectivity index (χ1) is 22.0. The Bertz CT molecular complexity index is 767. The van der Waals surface area contributed by atoms with Crippen molar-refractivity contribution in [1.82, 2.24) is 0 Å². The van der Waals surface area contributed by atoms with Crippen molar-refractivity contribution < 1.29 is 34.8 Å². The largest absolute Gasteiger partial charge is 0.481 e. The molecule has 46 heavy (non-hydrogen) atoms. The average Bonchev–Trinajstić information content (AvgIpc) is 2.99. The van der Waals surface area contributed by atoms with Crippen LogP contribution < -0.4 is 0 Å². The normalized spacial score (nSPS) is 14.3. The summed E-state index contributed by atoms with van der Waals surface area (Å²) in [5.41, 5.74) is -4.88. The molecule has 0 aromatic rings. The van der Waals surface area contributed by atoms with Crippen LogP contribution in [0, 0.1) is 11.3 Å². The van der Waals surface area contributed by atoms with Gasteiger partial charge < -0.3 is 20.4 Å². The van der Waals surface area contributed by atoms with Crippen LogP contribution >= 0.6 is 0 Å². The maximum atomic E-state index is 12.7. The minimum Gasteiger partial charge on any atom is -0.481 e. The molecule has 2 unspecified atom stereocenters. The standard InChI is InChI=1S/C39H74O7/c1-4-5-6-7-8-9-10-11-13-16-19-22-25-28-31-38(36(42)43,39(46,37(44)45)33-35(40)41)32-29-26-23-20-17-14-12-15-18-21-24-27-30-34(2)3/h34,46H,4-33H2,1-3H3,(H,40,41)(H,42,43)(H,44,45). The van der Waals surface area contributed by atoms with Crippen molar-refractivity contribution in [2.24, 2.45) is 11.3 Å². The van der Waals surface area contributed by atoms with Gasteiger partial charge in [0.05, 0.1) is 6.42 Å².